The number of amides is 1. The first kappa shape index (κ1) is 22.8. The number of carbonyl (C=O) groups excluding carboxylic acids is 1. The van der Waals surface area contributed by atoms with E-state index < -0.39 is 17.1 Å². The lowest BCUT2D eigenvalue weighted by molar-refractivity contribution is -0.123. The first-order chi connectivity index (χ1) is 14.4. The van der Waals surface area contributed by atoms with Gasteiger partial charge in [0.1, 0.15) is 0 Å². The molecule has 1 aliphatic rings. The third-order valence-electron chi connectivity index (χ3n) is 5.90. The summed E-state index contributed by atoms with van der Waals surface area (Å²) in [6, 6.07) is 0.0413. The number of fused-ring (bicyclic) bond motifs is 1. The van der Waals surface area contributed by atoms with Crippen LogP contribution in [0.1, 0.15) is 40.5 Å². The molecular formula is C21H33N7O3. The van der Waals surface area contributed by atoms with Crippen molar-refractivity contribution in [3.8, 4) is 0 Å². The molecule has 2 aromatic rings. The van der Waals surface area contributed by atoms with Crippen LogP contribution in [0, 0.1) is 0 Å². The number of nitrogens with two attached hydrogens (primary N) is 1. The van der Waals surface area contributed by atoms with Gasteiger partial charge in [0, 0.05) is 39.8 Å². The Hall–Kier alpha value is -2.88. The minimum absolute atomic E-state index is 0.0413. The van der Waals surface area contributed by atoms with Crippen LogP contribution in [-0.4, -0.2) is 49.3 Å². The van der Waals surface area contributed by atoms with E-state index in [-0.39, 0.29) is 11.6 Å². The summed E-state index contributed by atoms with van der Waals surface area (Å²) >= 11 is 0. The molecule has 0 radical (unpaired) electrons. The summed E-state index contributed by atoms with van der Waals surface area (Å²) in [5.41, 5.74) is 5.84. The third kappa shape index (κ3) is 4.30. The van der Waals surface area contributed by atoms with E-state index in [0.29, 0.717) is 30.2 Å². The van der Waals surface area contributed by atoms with Gasteiger partial charge in [-0.15, -0.1) is 0 Å². The van der Waals surface area contributed by atoms with Crippen molar-refractivity contribution >= 4 is 23.0 Å². The summed E-state index contributed by atoms with van der Waals surface area (Å²) in [7, 11) is 3.11. The van der Waals surface area contributed by atoms with Crippen LogP contribution in [0.15, 0.2) is 21.2 Å². The highest BCUT2D eigenvalue weighted by atomic mass is 16.2. The van der Waals surface area contributed by atoms with Gasteiger partial charge < -0.3 is 15.2 Å². The van der Waals surface area contributed by atoms with Gasteiger partial charge >= 0.3 is 5.69 Å². The summed E-state index contributed by atoms with van der Waals surface area (Å²) in [5, 5.41) is 3.35. The highest BCUT2D eigenvalue weighted by Gasteiger charge is 2.32. The Balaban J connectivity index is 2.09. The molecule has 10 nitrogen and oxygen atoms in total. The average Bonchev–Trinajstić information content (AvgIpc) is 3.08. The van der Waals surface area contributed by atoms with Gasteiger partial charge in [-0.25, -0.2) is 4.79 Å². The minimum atomic E-state index is -0.824. The van der Waals surface area contributed by atoms with Gasteiger partial charge in [-0.1, -0.05) is 11.6 Å². The zero-order valence-corrected chi connectivity index (χ0v) is 19.2. The molecule has 0 aromatic carbocycles. The molecule has 1 fully saturated rings. The third-order valence-corrected chi connectivity index (χ3v) is 5.90. The zero-order valence-electron chi connectivity index (χ0n) is 19.2. The van der Waals surface area contributed by atoms with Crippen LogP contribution < -0.4 is 27.2 Å². The number of rotatable bonds is 6. The van der Waals surface area contributed by atoms with Gasteiger partial charge in [0.2, 0.25) is 11.9 Å². The number of aromatic nitrogens is 4. The number of piperidine rings is 1. The Morgan fingerprint density at radius 1 is 1.26 bits per heavy atom. The van der Waals surface area contributed by atoms with Gasteiger partial charge in [0.05, 0.1) is 5.54 Å². The number of aryl methyl sites for hydroxylation is 1. The second-order valence-electron chi connectivity index (χ2n) is 9.10. The maximum atomic E-state index is 13.0. The Bertz CT molecular complexity index is 1150. The fourth-order valence-electron chi connectivity index (χ4n) is 3.98. The molecule has 170 valence electrons. The van der Waals surface area contributed by atoms with Crippen molar-refractivity contribution in [1.29, 1.82) is 0 Å². The lowest BCUT2D eigenvalue weighted by Crippen LogP contribution is -2.58. The number of hydrogen-bond acceptors (Lipinski definition) is 6. The molecule has 1 saturated heterocycles. The van der Waals surface area contributed by atoms with Gasteiger partial charge in [-0.2, -0.15) is 4.98 Å². The van der Waals surface area contributed by atoms with E-state index in [1.54, 1.807) is 20.9 Å². The van der Waals surface area contributed by atoms with Crippen molar-refractivity contribution in [2.24, 2.45) is 19.8 Å². The van der Waals surface area contributed by atoms with Crippen molar-refractivity contribution in [1.82, 2.24) is 24.0 Å². The number of imidazole rings is 1. The molecule has 0 saturated carbocycles. The molecule has 31 heavy (non-hydrogen) atoms. The number of anilines is 1. The molecule has 1 atom stereocenters. The van der Waals surface area contributed by atoms with Gasteiger partial charge in [0.25, 0.3) is 5.56 Å². The largest absolute Gasteiger partial charge is 0.368 e. The smallest absolute Gasteiger partial charge is 0.332 e. The molecule has 10 heteroatoms. The number of nitrogens with zero attached hydrogens (tertiary/aromatic N) is 5. The van der Waals surface area contributed by atoms with E-state index in [4.69, 9.17) is 10.7 Å². The Kier molecular flexibility index (Phi) is 6.13. The molecule has 1 unspecified atom stereocenters. The molecule has 1 amide bonds. The standard InChI is InChI=1S/C21H33N7O3/c1-13(2)9-11-28-15-16(25(5)20(31)26(6)17(15)29)23-19(28)27-10-7-8-14(12-27)24-21(3,4)18(22)30/h9,14,24H,7-8,10-12H2,1-6H3,(H2,22,30). The van der Waals surface area contributed by atoms with Crippen LogP contribution in [0.25, 0.3) is 11.2 Å². The fraction of sp³-hybridized carbons (Fsp3) is 0.619. The van der Waals surface area contributed by atoms with E-state index >= 15 is 0 Å². The molecule has 0 aliphatic carbocycles. The topological polar surface area (TPSA) is 120 Å². The van der Waals surface area contributed by atoms with Gasteiger partial charge in [-0.3, -0.25) is 24.0 Å². The molecule has 0 spiro atoms. The van der Waals surface area contributed by atoms with Crippen LogP contribution in [0.2, 0.25) is 0 Å². The second-order valence-corrected chi connectivity index (χ2v) is 9.10. The lowest BCUT2D eigenvalue weighted by Gasteiger charge is -2.37. The molecule has 2 aromatic heterocycles. The predicted octanol–water partition coefficient (Wildman–Crippen LogP) is 0.222. The van der Waals surface area contributed by atoms with E-state index in [9.17, 15) is 14.4 Å². The maximum absolute atomic E-state index is 13.0. The fourth-order valence-corrected chi connectivity index (χ4v) is 3.98. The summed E-state index contributed by atoms with van der Waals surface area (Å²) in [4.78, 5) is 44.0. The van der Waals surface area contributed by atoms with Crippen LogP contribution in [0.4, 0.5) is 5.95 Å². The van der Waals surface area contributed by atoms with Crippen LogP contribution in [0.5, 0.6) is 0 Å². The molecule has 0 bridgehead atoms. The normalized spacial score (nSPS) is 17.2. The van der Waals surface area contributed by atoms with Crippen molar-refractivity contribution < 1.29 is 4.79 Å². The molecule has 3 N–H and O–H groups in total. The zero-order chi connectivity index (χ0) is 23.1. The second kappa shape index (κ2) is 8.33. The van der Waals surface area contributed by atoms with Crippen molar-refractivity contribution in [2.45, 2.75) is 58.7 Å². The van der Waals surface area contributed by atoms with Gasteiger partial charge in [-0.05, 0) is 40.5 Å². The van der Waals surface area contributed by atoms with E-state index in [0.717, 1.165) is 29.5 Å². The van der Waals surface area contributed by atoms with Gasteiger partial charge in [0.15, 0.2) is 11.2 Å². The molecule has 1 aliphatic heterocycles. The highest BCUT2D eigenvalue weighted by molar-refractivity contribution is 5.83. The van der Waals surface area contributed by atoms with Crippen LogP contribution in [-0.2, 0) is 25.4 Å². The molecular weight excluding hydrogens is 398 g/mol. The summed E-state index contributed by atoms with van der Waals surface area (Å²) < 4.78 is 4.41. The number of carbonyl (C=O) groups is 1. The maximum Gasteiger partial charge on any atom is 0.332 e. The lowest BCUT2D eigenvalue weighted by atomic mass is 9.99. The van der Waals surface area contributed by atoms with Crippen LogP contribution in [0.3, 0.4) is 0 Å². The number of hydrogen-bond donors (Lipinski definition) is 2. The van der Waals surface area contributed by atoms with Crippen molar-refractivity contribution in [3.63, 3.8) is 0 Å². The quantitative estimate of drug-likeness (QED) is 0.632. The summed E-state index contributed by atoms with van der Waals surface area (Å²) in [6.07, 6.45) is 3.84. The first-order valence-electron chi connectivity index (χ1n) is 10.6. The molecule has 3 heterocycles. The monoisotopic (exact) mass is 431 g/mol. The SMILES string of the molecule is CC(C)=CCn1c(N2CCCC(NC(C)(C)C(N)=O)C2)nc2c1c(=O)n(C)c(=O)n2C. The summed E-state index contributed by atoms with van der Waals surface area (Å²) in [6.45, 7) is 9.40. The minimum Gasteiger partial charge on any atom is -0.368 e. The number of nitrogens with one attached hydrogen (secondary N) is 1. The predicted molar refractivity (Wildman–Crippen MR) is 121 cm³/mol. The molecule has 3 rings (SSSR count). The highest BCUT2D eigenvalue weighted by Crippen LogP contribution is 2.24. The average molecular weight is 432 g/mol. The Labute approximate surface area is 181 Å². The Morgan fingerprint density at radius 3 is 2.55 bits per heavy atom. The number of primary amides is 1. The summed E-state index contributed by atoms with van der Waals surface area (Å²) in [5.74, 6) is 0.244. The first-order valence-corrected chi connectivity index (χ1v) is 10.6. The number of allylic oxidation sites excluding steroid dienone is 2. The van der Waals surface area contributed by atoms with E-state index in [1.165, 1.54) is 11.6 Å². The Morgan fingerprint density at radius 2 is 1.94 bits per heavy atom. The van der Waals surface area contributed by atoms with Crippen molar-refractivity contribution in [3.05, 3.63) is 32.5 Å². The van der Waals surface area contributed by atoms with Crippen molar-refractivity contribution in [2.75, 3.05) is 18.0 Å². The van der Waals surface area contributed by atoms with E-state index in [2.05, 4.69) is 10.2 Å². The van der Waals surface area contributed by atoms with E-state index in [1.807, 2.05) is 24.5 Å². The van der Waals surface area contributed by atoms with Crippen LogP contribution >= 0.6 is 0 Å².